The van der Waals surface area contributed by atoms with Gasteiger partial charge in [0.25, 0.3) is 11.8 Å². The number of thiocarbonyl (C=S) groups is 1. The molecule has 1 aliphatic rings. The summed E-state index contributed by atoms with van der Waals surface area (Å²) in [6.07, 6.45) is 0. The van der Waals surface area contributed by atoms with Gasteiger partial charge in [0.15, 0.2) is 10.9 Å². The molecule has 3 aromatic carbocycles. The number of carbonyl (C=O) groups excluding carboxylic acids is 2. The van der Waals surface area contributed by atoms with Crippen molar-refractivity contribution in [3.63, 3.8) is 0 Å². The van der Waals surface area contributed by atoms with Crippen LogP contribution in [0.15, 0.2) is 72.8 Å². The van der Waals surface area contributed by atoms with Crippen molar-refractivity contribution in [3.05, 3.63) is 94.0 Å². The van der Waals surface area contributed by atoms with Crippen molar-refractivity contribution >= 4 is 46.2 Å². The molecule has 1 fully saturated rings. The van der Waals surface area contributed by atoms with E-state index in [-0.39, 0.29) is 28.0 Å². The zero-order chi connectivity index (χ0) is 26.4. The van der Waals surface area contributed by atoms with Crippen LogP contribution in [0, 0.1) is 10.1 Å². The van der Waals surface area contributed by atoms with E-state index in [9.17, 15) is 19.7 Å². The van der Waals surface area contributed by atoms with Gasteiger partial charge in [0.2, 0.25) is 0 Å². The average molecular weight is 520 g/mol. The highest BCUT2D eigenvalue weighted by atomic mass is 32.1. The minimum absolute atomic E-state index is 0.00863. The molecule has 0 saturated carbocycles. The van der Waals surface area contributed by atoms with E-state index in [4.69, 9.17) is 17.0 Å². The summed E-state index contributed by atoms with van der Waals surface area (Å²) < 4.78 is 4.98. The van der Waals surface area contributed by atoms with Gasteiger partial charge in [-0.05, 0) is 48.6 Å². The third-order valence-electron chi connectivity index (χ3n) is 5.95. The molecule has 1 aliphatic heterocycles. The second-order valence-electron chi connectivity index (χ2n) is 8.21. The predicted octanol–water partition coefficient (Wildman–Crippen LogP) is 3.69. The second-order valence-corrected chi connectivity index (χ2v) is 8.62. The first-order valence-corrected chi connectivity index (χ1v) is 11.9. The van der Waals surface area contributed by atoms with E-state index in [2.05, 4.69) is 15.5 Å². The molecule has 3 aromatic rings. The smallest absolute Gasteiger partial charge is 0.311 e. The molecule has 11 heteroatoms. The Morgan fingerprint density at radius 2 is 1.62 bits per heavy atom. The summed E-state index contributed by atoms with van der Waals surface area (Å²) in [4.78, 5) is 40.1. The van der Waals surface area contributed by atoms with E-state index < -0.39 is 10.8 Å². The van der Waals surface area contributed by atoms with Crippen molar-refractivity contribution in [2.24, 2.45) is 0 Å². The van der Waals surface area contributed by atoms with Crippen LogP contribution in [0.2, 0.25) is 0 Å². The number of rotatable bonds is 6. The topological polar surface area (TPSA) is 117 Å². The Morgan fingerprint density at radius 1 is 0.946 bits per heavy atom. The minimum atomic E-state index is -0.615. The molecule has 37 heavy (non-hydrogen) atoms. The van der Waals surface area contributed by atoms with Crippen LogP contribution in [-0.2, 0) is 0 Å². The summed E-state index contributed by atoms with van der Waals surface area (Å²) in [7, 11) is 1.32. The maximum Gasteiger partial charge on any atom is 0.311 e. The highest BCUT2D eigenvalue weighted by Gasteiger charge is 2.24. The van der Waals surface area contributed by atoms with E-state index in [1.807, 2.05) is 59.5 Å². The number of amides is 2. The highest BCUT2D eigenvalue weighted by molar-refractivity contribution is 7.80. The molecule has 0 aromatic heterocycles. The number of nitrogens with one attached hydrogen (secondary N) is 2. The van der Waals surface area contributed by atoms with Gasteiger partial charge in [-0.15, -0.1) is 0 Å². The molecule has 0 radical (unpaired) electrons. The number of ether oxygens (including phenoxy) is 1. The summed E-state index contributed by atoms with van der Waals surface area (Å²) in [5, 5.41) is 16.9. The number of nitro benzene ring substituents is 1. The van der Waals surface area contributed by atoms with Gasteiger partial charge in [-0.1, -0.05) is 30.3 Å². The molecule has 1 heterocycles. The molecule has 1 saturated heterocycles. The van der Waals surface area contributed by atoms with E-state index in [1.54, 1.807) is 0 Å². The van der Waals surface area contributed by atoms with Crippen molar-refractivity contribution in [1.82, 2.24) is 10.2 Å². The van der Waals surface area contributed by atoms with Crippen LogP contribution in [0.5, 0.6) is 5.75 Å². The van der Waals surface area contributed by atoms with Crippen molar-refractivity contribution in [3.8, 4) is 5.75 Å². The summed E-state index contributed by atoms with van der Waals surface area (Å²) >= 11 is 5.34. The minimum Gasteiger partial charge on any atom is -0.490 e. The molecule has 4 rings (SSSR count). The number of piperazine rings is 1. The summed E-state index contributed by atoms with van der Waals surface area (Å²) in [6.45, 7) is 2.40. The van der Waals surface area contributed by atoms with Gasteiger partial charge >= 0.3 is 5.69 Å². The monoisotopic (exact) mass is 519 g/mol. The van der Waals surface area contributed by atoms with Crippen LogP contribution in [0.1, 0.15) is 20.7 Å². The quantitative estimate of drug-likeness (QED) is 0.288. The van der Waals surface area contributed by atoms with Gasteiger partial charge in [-0.25, -0.2) is 0 Å². The lowest BCUT2D eigenvalue weighted by atomic mass is 10.1. The van der Waals surface area contributed by atoms with Gasteiger partial charge in [0.1, 0.15) is 0 Å². The Kier molecular flexibility index (Phi) is 7.94. The average Bonchev–Trinajstić information content (AvgIpc) is 2.93. The fourth-order valence-electron chi connectivity index (χ4n) is 4.07. The Bertz CT molecular complexity index is 1330. The maximum atomic E-state index is 12.8. The molecule has 0 aliphatic carbocycles. The van der Waals surface area contributed by atoms with Crippen molar-refractivity contribution < 1.29 is 19.2 Å². The lowest BCUT2D eigenvalue weighted by Gasteiger charge is -2.37. The van der Waals surface area contributed by atoms with Gasteiger partial charge in [0, 0.05) is 43.4 Å². The number of carbonyl (C=O) groups is 2. The largest absolute Gasteiger partial charge is 0.490 e. The van der Waals surface area contributed by atoms with Crippen molar-refractivity contribution in [1.29, 1.82) is 0 Å². The first-order valence-electron chi connectivity index (χ1n) is 11.5. The predicted molar refractivity (Wildman–Crippen MR) is 144 cm³/mol. The first kappa shape index (κ1) is 25.6. The number of para-hydroxylation sites is 2. The van der Waals surface area contributed by atoms with Gasteiger partial charge in [-0.3, -0.25) is 25.0 Å². The number of nitro groups is 1. The van der Waals surface area contributed by atoms with Crippen LogP contribution in [0.3, 0.4) is 0 Å². The number of hydrogen-bond acceptors (Lipinski definition) is 7. The van der Waals surface area contributed by atoms with Crippen LogP contribution in [-0.4, -0.2) is 60.0 Å². The normalized spacial score (nSPS) is 13.0. The molecule has 2 amide bonds. The van der Waals surface area contributed by atoms with Crippen molar-refractivity contribution in [2.45, 2.75) is 0 Å². The Balaban J connectivity index is 1.39. The van der Waals surface area contributed by atoms with E-state index in [1.165, 1.54) is 19.2 Å². The zero-order valence-electron chi connectivity index (χ0n) is 20.0. The molecule has 0 atom stereocenters. The summed E-state index contributed by atoms with van der Waals surface area (Å²) in [5.41, 5.74) is 2.00. The van der Waals surface area contributed by atoms with Crippen LogP contribution < -0.4 is 20.3 Å². The SMILES string of the molecule is COc1ccc(C(=O)NC(=S)Nc2ccccc2N2CCN(C(=O)c3ccccc3)CC2)cc1[N+](=O)[O-]. The molecule has 0 unspecified atom stereocenters. The maximum absolute atomic E-state index is 12.8. The van der Waals surface area contributed by atoms with E-state index in [0.717, 1.165) is 11.8 Å². The first-order chi connectivity index (χ1) is 17.9. The molecule has 190 valence electrons. The third kappa shape index (κ3) is 6.01. The van der Waals surface area contributed by atoms with E-state index >= 15 is 0 Å². The number of benzene rings is 3. The molecule has 2 N–H and O–H groups in total. The lowest BCUT2D eigenvalue weighted by Crippen LogP contribution is -2.49. The summed E-state index contributed by atoms with van der Waals surface area (Å²) in [6, 6.07) is 20.7. The summed E-state index contributed by atoms with van der Waals surface area (Å²) in [5.74, 6) is -0.523. The molecule has 10 nitrogen and oxygen atoms in total. The molecular weight excluding hydrogens is 494 g/mol. The van der Waals surface area contributed by atoms with E-state index in [0.29, 0.717) is 37.4 Å². The molecule has 0 spiro atoms. The Morgan fingerprint density at radius 3 is 2.30 bits per heavy atom. The highest BCUT2D eigenvalue weighted by Crippen LogP contribution is 2.28. The standard InChI is InChI=1S/C26H25N5O5S/c1-36-23-12-11-19(17-22(23)31(34)35)24(32)28-26(37)27-20-9-5-6-10-21(20)29-13-15-30(16-14-29)25(33)18-7-3-2-4-8-18/h2-12,17H,13-16H2,1H3,(H2,27,28,32,37). The fourth-order valence-corrected chi connectivity index (χ4v) is 4.27. The Labute approximate surface area is 219 Å². The number of anilines is 2. The third-order valence-corrected chi connectivity index (χ3v) is 6.15. The fraction of sp³-hybridized carbons (Fsp3) is 0.192. The molecule has 0 bridgehead atoms. The molecular formula is C26H25N5O5S. The van der Waals surface area contributed by atoms with Gasteiger partial charge in [0.05, 0.1) is 23.4 Å². The van der Waals surface area contributed by atoms with Gasteiger partial charge < -0.3 is 19.9 Å². The zero-order valence-corrected chi connectivity index (χ0v) is 20.9. The lowest BCUT2D eigenvalue weighted by molar-refractivity contribution is -0.385. The number of hydrogen-bond donors (Lipinski definition) is 2. The van der Waals surface area contributed by atoms with Crippen molar-refractivity contribution in [2.75, 3.05) is 43.5 Å². The second kappa shape index (κ2) is 11.5. The van der Waals surface area contributed by atoms with Crippen LogP contribution in [0.25, 0.3) is 0 Å². The Hall–Kier alpha value is -4.51. The number of methoxy groups -OCH3 is 1. The van der Waals surface area contributed by atoms with Crippen LogP contribution >= 0.6 is 12.2 Å². The van der Waals surface area contributed by atoms with Crippen LogP contribution in [0.4, 0.5) is 17.1 Å². The number of nitrogens with zero attached hydrogens (tertiary/aromatic N) is 3. The van der Waals surface area contributed by atoms with Gasteiger partial charge in [-0.2, -0.15) is 0 Å².